The van der Waals surface area contributed by atoms with Gasteiger partial charge in [0.15, 0.2) is 0 Å². The molecule has 0 aliphatic rings. The summed E-state index contributed by atoms with van der Waals surface area (Å²) in [6, 6.07) is 11.7. The molecule has 6 nitrogen and oxygen atoms in total. The number of nitrogens with zero attached hydrogens (tertiary/aromatic N) is 1. The first-order valence-electron chi connectivity index (χ1n) is 8.34. The number of amides is 1. The second-order valence-electron chi connectivity index (χ2n) is 6.09. The van der Waals surface area contributed by atoms with E-state index in [9.17, 15) is 14.9 Å². The minimum atomic E-state index is -0.556. The Bertz CT molecular complexity index is 793. The monoisotopic (exact) mass is 376 g/mol. The van der Waals surface area contributed by atoms with Crippen LogP contribution in [0.5, 0.6) is 5.75 Å². The molecule has 0 saturated carbocycles. The van der Waals surface area contributed by atoms with Gasteiger partial charge in [-0.3, -0.25) is 14.9 Å². The van der Waals surface area contributed by atoms with Crippen LogP contribution >= 0.6 is 11.6 Å². The number of carbonyl (C=O) groups excluding carboxylic acids is 1. The Kier molecular flexibility index (Phi) is 6.97. The number of non-ortho nitro benzene ring substituents is 1. The Morgan fingerprint density at radius 3 is 2.73 bits per heavy atom. The fraction of sp³-hybridized carbons (Fsp3) is 0.316. The third kappa shape index (κ3) is 5.74. The molecule has 2 aromatic carbocycles. The minimum Gasteiger partial charge on any atom is -0.491 e. The molecule has 0 radical (unpaired) electrons. The van der Waals surface area contributed by atoms with E-state index in [1.807, 2.05) is 38.1 Å². The van der Waals surface area contributed by atoms with E-state index < -0.39 is 10.8 Å². The first-order chi connectivity index (χ1) is 12.4. The molecular weight excluding hydrogens is 356 g/mol. The maximum absolute atomic E-state index is 12.2. The zero-order valence-electron chi connectivity index (χ0n) is 14.7. The van der Waals surface area contributed by atoms with Crippen molar-refractivity contribution in [3.63, 3.8) is 0 Å². The lowest BCUT2D eigenvalue weighted by Crippen LogP contribution is -2.25. The zero-order chi connectivity index (χ0) is 19.1. The number of hydrogen-bond donors (Lipinski definition) is 1. The predicted molar refractivity (Wildman–Crippen MR) is 101 cm³/mol. The number of carbonyl (C=O) groups is 1. The van der Waals surface area contributed by atoms with Crippen LogP contribution in [0.15, 0.2) is 42.5 Å². The smallest absolute Gasteiger partial charge is 0.270 e. The summed E-state index contributed by atoms with van der Waals surface area (Å²) in [4.78, 5) is 22.5. The van der Waals surface area contributed by atoms with Gasteiger partial charge in [0.2, 0.25) is 0 Å². The first kappa shape index (κ1) is 19.7. The van der Waals surface area contributed by atoms with Crippen molar-refractivity contribution in [1.82, 2.24) is 5.32 Å². The van der Waals surface area contributed by atoms with Crippen LogP contribution in [0.2, 0.25) is 5.02 Å². The molecule has 1 N–H and O–H groups in total. The molecule has 138 valence electrons. The largest absolute Gasteiger partial charge is 0.491 e. The minimum absolute atomic E-state index is 0.105. The first-order valence-corrected chi connectivity index (χ1v) is 8.72. The lowest BCUT2D eigenvalue weighted by Gasteiger charge is -2.11. The number of nitro benzene ring substituents is 1. The van der Waals surface area contributed by atoms with E-state index in [2.05, 4.69) is 5.32 Å². The molecule has 0 aliphatic heterocycles. The lowest BCUT2D eigenvalue weighted by molar-refractivity contribution is -0.384. The van der Waals surface area contributed by atoms with Gasteiger partial charge in [0.1, 0.15) is 5.75 Å². The van der Waals surface area contributed by atoms with Crippen molar-refractivity contribution in [2.24, 2.45) is 0 Å². The van der Waals surface area contributed by atoms with Gasteiger partial charge in [-0.15, -0.1) is 0 Å². The number of hydrogen-bond acceptors (Lipinski definition) is 4. The van der Waals surface area contributed by atoms with Crippen LogP contribution in [0, 0.1) is 10.1 Å². The van der Waals surface area contributed by atoms with E-state index in [0.29, 0.717) is 6.54 Å². The van der Waals surface area contributed by atoms with Crippen molar-refractivity contribution < 1.29 is 14.5 Å². The summed E-state index contributed by atoms with van der Waals surface area (Å²) in [6.45, 7) is 4.38. The summed E-state index contributed by atoms with van der Waals surface area (Å²) < 4.78 is 5.66. The van der Waals surface area contributed by atoms with Crippen molar-refractivity contribution in [2.45, 2.75) is 32.8 Å². The Balaban J connectivity index is 1.87. The van der Waals surface area contributed by atoms with E-state index in [4.69, 9.17) is 16.3 Å². The van der Waals surface area contributed by atoms with Gasteiger partial charge in [-0.2, -0.15) is 0 Å². The van der Waals surface area contributed by atoms with Crippen LogP contribution in [-0.4, -0.2) is 23.5 Å². The molecule has 0 aromatic heterocycles. The molecule has 0 unspecified atom stereocenters. The summed E-state index contributed by atoms with van der Waals surface area (Å²) >= 11 is 5.97. The van der Waals surface area contributed by atoms with Crippen LogP contribution in [0.25, 0.3) is 0 Å². The quantitative estimate of drug-likeness (QED) is 0.420. The molecule has 26 heavy (non-hydrogen) atoms. The molecule has 2 aromatic rings. The highest BCUT2D eigenvalue weighted by molar-refractivity contribution is 6.33. The number of nitro groups is 1. The third-order valence-electron chi connectivity index (χ3n) is 3.60. The molecule has 0 saturated heterocycles. The average molecular weight is 377 g/mol. The van der Waals surface area contributed by atoms with E-state index in [1.165, 1.54) is 18.2 Å². The van der Waals surface area contributed by atoms with Gasteiger partial charge in [-0.1, -0.05) is 23.7 Å². The Labute approximate surface area is 157 Å². The fourth-order valence-electron chi connectivity index (χ4n) is 2.44. The highest BCUT2D eigenvalue weighted by atomic mass is 35.5. The fourth-order valence-corrected chi connectivity index (χ4v) is 2.64. The standard InChI is InChI=1S/C19H21ClN2O4/c1-13(2)26-16-7-3-5-14(11-16)6-4-10-21-19(23)17-12-15(22(24)25)8-9-18(17)20/h3,5,7-9,11-13H,4,6,10H2,1-2H3,(H,21,23). The summed E-state index contributed by atoms with van der Waals surface area (Å²) in [6.07, 6.45) is 1.62. The Morgan fingerprint density at radius 1 is 1.27 bits per heavy atom. The number of nitrogens with one attached hydrogen (secondary N) is 1. The molecule has 1 amide bonds. The average Bonchev–Trinajstić information content (AvgIpc) is 2.58. The van der Waals surface area contributed by atoms with Crippen LogP contribution in [0.4, 0.5) is 5.69 Å². The highest BCUT2D eigenvalue weighted by Gasteiger charge is 2.15. The van der Waals surface area contributed by atoms with Crippen molar-refractivity contribution in [3.8, 4) is 5.75 Å². The zero-order valence-corrected chi connectivity index (χ0v) is 15.5. The van der Waals surface area contributed by atoms with Crippen LogP contribution in [0.3, 0.4) is 0 Å². The molecule has 7 heteroatoms. The van der Waals surface area contributed by atoms with Gasteiger partial charge in [0.25, 0.3) is 11.6 Å². The van der Waals surface area contributed by atoms with E-state index in [0.717, 1.165) is 24.2 Å². The number of aryl methyl sites for hydroxylation is 1. The third-order valence-corrected chi connectivity index (χ3v) is 3.93. The summed E-state index contributed by atoms with van der Waals surface area (Å²) in [5.74, 6) is 0.403. The molecule has 0 fully saturated rings. The highest BCUT2D eigenvalue weighted by Crippen LogP contribution is 2.22. The molecular formula is C19H21ClN2O4. The predicted octanol–water partition coefficient (Wildman–Crippen LogP) is 4.40. The topological polar surface area (TPSA) is 81.5 Å². The van der Waals surface area contributed by atoms with Crippen molar-refractivity contribution in [3.05, 3.63) is 68.7 Å². The summed E-state index contributed by atoms with van der Waals surface area (Å²) in [7, 11) is 0. The Morgan fingerprint density at radius 2 is 2.04 bits per heavy atom. The van der Waals surface area contributed by atoms with E-state index in [1.54, 1.807) is 0 Å². The molecule has 0 bridgehead atoms. The van der Waals surface area contributed by atoms with Gasteiger partial charge in [-0.05, 0) is 50.5 Å². The lowest BCUT2D eigenvalue weighted by atomic mass is 10.1. The van der Waals surface area contributed by atoms with E-state index in [-0.39, 0.29) is 22.4 Å². The molecule has 0 heterocycles. The SMILES string of the molecule is CC(C)Oc1cccc(CCCNC(=O)c2cc([N+](=O)[O-])ccc2Cl)c1. The molecule has 0 atom stereocenters. The van der Waals surface area contributed by atoms with Crippen molar-refractivity contribution >= 4 is 23.2 Å². The van der Waals surface area contributed by atoms with Gasteiger partial charge in [0, 0.05) is 18.7 Å². The Hall–Kier alpha value is -2.60. The second-order valence-corrected chi connectivity index (χ2v) is 6.50. The van der Waals surface area contributed by atoms with Gasteiger partial charge in [0.05, 0.1) is 21.6 Å². The normalized spacial score (nSPS) is 10.6. The summed E-state index contributed by atoms with van der Waals surface area (Å²) in [5.41, 5.74) is 1.06. The van der Waals surface area contributed by atoms with Gasteiger partial charge in [-0.25, -0.2) is 0 Å². The van der Waals surface area contributed by atoms with Crippen molar-refractivity contribution in [2.75, 3.05) is 6.54 Å². The van der Waals surface area contributed by atoms with Gasteiger partial charge < -0.3 is 10.1 Å². The van der Waals surface area contributed by atoms with Crippen LogP contribution in [0.1, 0.15) is 36.2 Å². The van der Waals surface area contributed by atoms with Gasteiger partial charge >= 0.3 is 0 Å². The summed E-state index contributed by atoms with van der Waals surface area (Å²) in [5, 5.41) is 13.8. The van der Waals surface area contributed by atoms with E-state index >= 15 is 0 Å². The number of ether oxygens (including phenoxy) is 1. The molecule has 0 spiro atoms. The van der Waals surface area contributed by atoms with Crippen molar-refractivity contribution in [1.29, 1.82) is 0 Å². The number of rotatable bonds is 8. The number of benzene rings is 2. The second kappa shape index (κ2) is 9.20. The van der Waals surface area contributed by atoms with Crippen LogP contribution in [-0.2, 0) is 6.42 Å². The number of halogens is 1. The molecule has 0 aliphatic carbocycles. The maximum Gasteiger partial charge on any atom is 0.270 e. The van der Waals surface area contributed by atoms with Crippen LogP contribution < -0.4 is 10.1 Å². The molecule has 2 rings (SSSR count). The maximum atomic E-state index is 12.2.